The van der Waals surface area contributed by atoms with Crippen LogP contribution in [0, 0.1) is 0 Å². The van der Waals surface area contributed by atoms with E-state index in [-0.39, 0.29) is 18.0 Å². The van der Waals surface area contributed by atoms with Crippen molar-refractivity contribution in [2.75, 3.05) is 6.54 Å². The van der Waals surface area contributed by atoms with Gasteiger partial charge in [0.15, 0.2) is 0 Å². The highest BCUT2D eigenvalue weighted by atomic mass is 19.1. The molecule has 0 aliphatic carbocycles. The zero-order chi connectivity index (χ0) is 17.6. The fraction of sp³-hybridized carbons (Fsp3) is 0.550. The molecule has 4 heteroatoms. The van der Waals surface area contributed by atoms with Crippen LogP contribution in [0.3, 0.4) is 0 Å². The monoisotopic (exact) mass is 333 g/mol. The molecule has 1 amide bonds. The number of rotatable bonds is 5. The van der Waals surface area contributed by atoms with E-state index in [2.05, 4.69) is 12.1 Å². The van der Waals surface area contributed by atoms with Crippen molar-refractivity contribution in [1.82, 2.24) is 4.90 Å². The lowest BCUT2D eigenvalue weighted by Crippen LogP contribution is -2.39. The summed E-state index contributed by atoms with van der Waals surface area (Å²) in [5.41, 5.74) is 0.698. The molecule has 1 aromatic rings. The molecule has 132 valence electrons. The SMILES string of the molecule is CC(C)(C)OC(=O)N1CCC[C@H]1/C=C(\F)CCCc1ccccc1. The van der Waals surface area contributed by atoms with E-state index in [1.807, 2.05) is 39.0 Å². The lowest BCUT2D eigenvalue weighted by atomic mass is 10.1. The Balaban J connectivity index is 1.85. The van der Waals surface area contributed by atoms with Gasteiger partial charge in [0.25, 0.3) is 0 Å². The largest absolute Gasteiger partial charge is 0.444 e. The summed E-state index contributed by atoms with van der Waals surface area (Å²) in [6.45, 7) is 6.16. The smallest absolute Gasteiger partial charge is 0.410 e. The Kier molecular flexibility index (Phi) is 6.41. The lowest BCUT2D eigenvalue weighted by Gasteiger charge is -2.27. The van der Waals surface area contributed by atoms with Gasteiger partial charge in [-0.25, -0.2) is 9.18 Å². The van der Waals surface area contributed by atoms with Gasteiger partial charge in [0.05, 0.1) is 11.9 Å². The fourth-order valence-corrected chi connectivity index (χ4v) is 2.91. The molecule has 0 aromatic heterocycles. The van der Waals surface area contributed by atoms with Crippen molar-refractivity contribution in [3.8, 4) is 0 Å². The first-order chi connectivity index (χ1) is 11.3. The van der Waals surface area contributed by atoms with Crippen LogP contribution in [-0.4, -0.2) is 29.2 Å². The third-order valence-corrected chi connectivity index (χ3v) is 4.02. The summed E-state index contributed by atoms with van der Waals surface area (Å²) in [4.78, 5) is 13.8. The number of likely N-dealkylation sites (tertiary alicyclic amines) is 1. The van der Waals surface area contributed by atoms with E-state index < -0.39 is 5.60 Å². The van der Waals surface area contributed by atoms with Crippen LogP contribution in [0.5, 0.6) is 0 Å². The van der Waals surface area contributed by atoms with Crippen molar-refractivity contribution < 1.29 is 13.9 Å². The first-order valence-electron chi connectivity index (χ1n) is 8.75. The Labute approximate surface area is 144 Å². The number of carbonyl (C=O) groups is 1. The van der Waals surface area contributed by atoms with Crippen LogP contribution in [0.15, 0.2) is 42.2 Å². The molecule has 24 heavy (non-hydrogen) atoms. The number of aryl methyl sites for hydroxylation is 1. The Morgan fingerprint density at radius 2 is 2.04 bits per heavy atom. The highest BCUT2D eigenvalue weighted by Crippen LogP contribution is 2.24. The summed E-state index contributed by atoms with van der Waals surface area (Å²) < 4.78 is 19.6. The molecular formula is C20H28FNO2. The Morgan fingerprint density at radius 3 is 2.71 bits per heavy atom. The van der Waals surface area contributed by atoms with Crippen LogP contribution in [-0.2, 0) is 11.2 Å². The van der Waals surface area contributed by atoms with Gasteiger partial charge in [-0.1, -0.05) is 30.3 Å². The molecule has 0 radical (unpaired) electrons. The summed E-state index contributed by atoms with van der Waals surface area (Å²) in [7, 11) is 0. The molecule has 1 aromatic carbocycles. The van der Waals surface area contributed by atoms with E-state index in [1.54, 1.807) is 11.0 Å². The number of hydrogen-bond donors (Lipinski definition) is 0. The normalized spacial score (nSPS) is 18.8. The quantitative estimate of drug-likeness (QED) is 0.735. The molecule has 2 rings (SSSR count). The van der Waals surface area contributed by atoms with E-state index in [9.17, 15) is 9.18 Å². The molecule has 1 saturated heterocycles. The number of allylic oxidation sites excluding steroid dienone is 1. The summed E-state index contributed by atoms with van der Waals surface area (Å²) in [6.07, 6.45) is 4.98. The van der Waals surface area contributed by atoms with Gasteiger partial charge in [-0.2, -0.15) is 0 Å². The minimum absolute atomic E-state index is 0.133. The molecular weight excluding hydrogens is 305 g/mol. The number of hydrogen-bond acceptors (Lipinski definition) is 2. The third-order valence-electron chi connectivity index (χ3n) is 4.02. The molecule has 3 nitrogen and oxygen atoms in total. The molecule has 1 aliphatic heterocycles. The first kappa shape index (κ1) is 18.5. The van der Waals surface area contributed by atoms with E-state index in [0.717, 1.165) is 25.7 Å². The van der Waals surface area contributed by atoms with Gasteiger partial charge >= 0.3 is 6.09 Å². The van der Waals surface area contributed by atoms with Crippen LogP contribution >= 0.6 is 0 Å². The first-order valence-corrected chi connectivity index (χ1v) is 8.75. The van der Waals surface area contributed by atoms with Gasteiger partial charge < -0.3 is 9.64 Å². The van der Waals surface area contributed by atoms with Crippen molar-refractivity contribution in [3.05, 3.63) is 47.8 Å². The molecule has 0 unspecified atom stereocenters. The number of ether oxygens (including phenoxy) is 1. The maximum Gasteiger partial charge on any atom is 0.410 e. The van der Waals surface area contributed by atoms with E-state index >= 15 is 0 Å². The van der Waals surface area contributed by atoms with Gasteiger partial charge in [-0.3, -0.25) is 0 Å². The number of halogens is 1. The van der Waals surface area contributed by atoms with E-state index in [1.165, 1.54) is 5.56 Å². The van der Waals surface area contributed by atoms with Gasteiger partial charge in [0, 0.05) is 6.54 Å². The molecule has 0 saturated carbocycles. The van der Waals surface area contributed by atoms with Crippen LogP contribution in [0.1, 0.15) is 52.0 Å². The van der Waals surface area contributed by atoms with Crippen molar-refractivity contribution in [2.24, 2.45) is 0 Å². The second-order valence-electron chi connectivity index (χ2n) is 7.34. The summed E-state index contributed by atoms with van der Waals surface area (Å²) >= 11 is 0. The van der Waals surface area contributed by atoms with Crippen LogP contribution in [0.4, 0.5) is 9.18 Å². The predicted octanol–water partition coefficient (Wildman–Crippen LogP) is 5.26. The second-order valence-corrected chi connectivity index (χ2v) is 7.34. The molecule has 0 bridgehead atoms. The highest BCUT2D eigenvalue weighted by molar-refractivity contribution is 5.69. The average Bonchev–Trinajstić information content (AvgIpc) is 2.95. The minimum Gasteiger partial charge on any atom is -0.444 e. The Morgan fingerprint density at radius 1 is 1.33 bits per heavy atom. The zero-order valence-corrected chi connectivity index (χ0v) is 14.9. The maximum absolute atomic E-state index is 14.2. The fourth-order valence-electron chi connectivity index (χ4n) is 2.91. The van der Waals surface area contributed by atoms with Gasteiger partial charge in [-0.05, 0) is 64.5 Å². The predicted molar refractivity (Wildman–Crippen MR) is 94.5 cm³/mol. The number of carbonyl (C=O) groups excluding carboxylic acids is 1. The number of amides is 1. The minimum atomic E-state index is -0.526. The van der Waals surface area contributed by atoms with Crippen molar-refractivity contribution in [1.29, 1.82) is 0 Å². The zero-order valence-electron chi connectivity index (χ0n) is 14.9. The molecule has 1 fully saturated rings. The Bertz CT molecular complexity index is 563. The highest BCUT2D eigenvalue weighted by Gasteiger charge is 2.31. The summed E-state index contributed by atoms with van der Waals surface area (Å²) in [5.74, 6) is -0.133. The van der Waals surface area contributed by atoms with Crippen molar-refractivity contribution >= 4 is 6.09 Å². The van der Waals surface area contributed by atoms with Gasteiger partial charge in [0.2, 0.25) is 0 Å². The van der Waals surface area contributed by atoms with Gasteiger partial charge in [-0.15, -0.1) is 0 Å². The van der Waals surface area contributed by atoms with Crippen LogP contribution < -0.4 is 0 Å². The lowest BCUT2D eigenvalue weighted by molar-refractivity contribution is 0.0255. The number of benzene rings is 1. The maximum atomic E-state index is 14.2. The molecule has 0 spiro atoms. The molecule has 0 N–H and O–H groups in total. The van der Waals surface area contributed by atoms with Crippen LogP contribution in [0.2, 0.25) is 0 Å². The van der Waals surface area contributed by atoms with Gasteiger partial charge in [0.1, 0.15) is 5.60 Å². The average molecular weight is 333 g/mol. The Hall–Kier alpha value is -1.84. The molecule has 1 atom stereocenters. The summed E-state index contributed by atoms with van der Waals surface area (Å²) in [6, 6.07) is 9.91. The van der Waals surface area contributed by atoms with Crippen molar-refractivity contribution in [3.63, 3.8) is 0 Å². The standard InChI is InChI=1S/C20H28FNO2/c1-20(2,3)24-19(23)22-14-8-13-18(22)15-17(21)12-7-11-16-9-5-4-6-10-16/h4-6,9-10,15,18H,7-8,11-14H2,1-3H3/b17-15-/t18-/m0/s1. The number of nitrogens with zero attached hydrogens (tertiary/aromatic N) is 1. The topological polar surface area (TPSA) is 29.5 Å². The van der Waals surface area contributed by atoms with E-state index in [0.29, 0.717) is 13.0 Å². The third kappa shape index (κ3) is 5.99. The second kappa shape index (κ2) is 8.32. The van der Waals surface area contributed by atoms with E-state index in [4.69, 9.17) is 4.74 Å². The van der Waals surface area contributed by atoms with Crippen molar-refractivity contribution in [2.45, 2.75) is 64.5 Å². The molecule has 1 heterocycles. The molecule has 1 aliphatic rings. The summed E-state index contributed by atoms with van der Waals surface area (Å²) in [5, 5.41) is 0. The van der Waals surface area contributed by atoms with Crippen LogP contribution in [0.25, 0.3) is 0 Å².